The summed E-state index contributed by atoms with van der Waals surface area (Å²) in [7, 11) is 0. The van der Waals surface area contributed by atoms with E-state index in [2.05, 4.69) is 33.0 Å². The second kappa shape index (κ2) is 10.4. The molecule has 0 amide bonds. The van der Waals surface area contributed by atoms with E-state index in [0.717, 1.165) is 36.2 Å². The number of rotatable bonds is 6. The van der Waals surface area contributed by atoms with E-state index in [4.69, 9.17) is 5.11 Å². The van der Waals surface area contributed by atoms with Gasteiger partial charge >= 0.3 is 0 Å². The molecular weight excluding hydrogens is 292 g/mol. The minimum absolute atomic E-state index is 0.244. The van der Waals surface area contributed by atoms with E-state index in [-0.39, 0.29) is 17.6 Å². The van der Waals surface area contributed by atoms with Gasteiger partial charge in [0.1, 0.15) is 0 Å². The summed E-state index contributed by atoms with van der Waals surface area (Å²) in [5, 5.41) is 20.8. The number of aromatic nitrogens is 1. The van der Waals surface area contributed by atoms with Crippen molar-refractivity contribution in [2.24, 2.45) is 11.3 Å². The summed E-state index contributed by atoms with van der Waals surface area (Å²) in [5.74, 6) is 0.439. The summed E-state index contributed by atoms with van der Waals surface area (Å²) < 4.78 is 0.770. The van der Waals surface area contributed by atoms with Crippen LogP contribution in [0.25, 0.3) is 0 Å². The zero-order valence-electron chi connectivity index (χ0n) is 15.5. The third-order valence-corrected chi connectivity index (χ3v) is 3.28. The van der Waals surface area contributed by atoms with Gasteiger partial charge < -0.3 is 15.6 Å². The second-order valence-corrected chi connectivity index (χ2v) is 7.33. The molecule has 0 fully saturated rings. The third kappa shape index (κ3) is 10.1. The van der Waals surface area contributed by atoms with Crippen LogP contribution in [0.1, 0.15) is 52.3 Å². The molecule has 1 rings (SSSR count). The van der Waals surface area contributed by atoms with Crippen LogP contribution in [-0.4, -0.2) is 34.7 Å². The van der Waals surface area contributed by atoms with Gasteiger partial charge in [0, 0.05) is 12.6 Å². The lowest BCUT2D eigenvalue weighted by molar-refractivity contribution is 0.160. The fourth-order valence-corrected chi connectivity index (χ4v) is 2.64. The van der Waals surface area contributed by atoms with Crippen LogP contribution in [-0.2, 0) is 6.42 Å². The van der Waals surface area contributed by atoms with Crippen LogP contribution >= 0.6 is 0 Å². The first kappa shape index (κ1) is 21.7. The molecule has 23 heavy (non-hydrogen) atoms. The highest BCUT2D eigenvalue weighted by atomic mass is 16.5. The summed E-state index contributed by atoms with van der Waals surface area (Å²) in [6.07, 6.45) is 1.79. The second-order valence-electron chi connectivity index (χ2n) is 7.33. The Morgan fingerprint density at radius 1 is 1.30 bits per heavy atom. The fraction of sp³-hybridized carbons (Fsp3) is 0.722. The zero-order valence-corrected chi connectivity index (χ0v) is 15.5. The Morgan fingerprint density at radius 2 is 1.91 bits per heavy atom. The van der Waals surface area contributed by atoms with Crippen LogP contribution in [0.3, 0.4) is 0 Å². The Hall–Kier alpha value is -1.33. The van der Waals surface area contributed by atoms with E-state index in [1.54, 1.807) is 0 Å². The first-order valence-corrected chi connectivity index (χ1v) is 8.34. The molecule has 1 atom stereocenters. The summed E-state index contributed by atoms with van der Waals surface area (Å²) in [5.41, 5.74) is 1.53. The van der Waals surface area contributed by atoms with Gasteiger partial charge in [-0.2, -0.15) is 4.73 Å². The first-order valence-electron chi connectivity index (χ1n) is 8.34. The Labute approximate surface area is 140 Å². The molecular formula is C18H34N2O3. The van der Waals surface area contributed by atoms with Crippen LogP contribution in [0.2, 0.25) is 0 Å². The van der Waals surface area contributed by atoms with Crippen LogP contribution in [0.4, 0.5) is 0 Å². The minimum Gasteiger partial charge on any atom is -0.425 e. The molecule has 0 aromatic carbocycles. The molecule has 0 bridgehead atoms. The van der Waals surface area contributed by atoms with Gasteiger partial charge in [-0.3, -0.25) is 4.79 Å². The Balaban J connectivity index is 0.000000688. The highest BCUT2D eigenvalue weighted by molar-refractivity contribution is 5.15. The third-order valence-electron chi connectivity index (χ3n) is 3.28. The Kier molecular flexibility index (Phi) is 9.84. The van der Waals surface area contributed by atoms with Crippen molar-refractivity contribution in [3.63, 3.8) is 0 Å². The monoisotopic (exact) mass is 326 g/mol. The SMILES string of the molecule is CCNCCO.Cc1cc(CC(C)CC(C)(C)C)n(O)c(=O)c1. The lowest BCUT2D eigenvalue weighted by Crippen LogP contribution is -2.23. The van der Waals surface area contributed by atoms with Crippen molar-refractivity contribution in [1.82, 2.24) is 10.0 Å². The van der Waals surface area contributed by atoms with Gasteiger partial charge in [-0.15, -0.1) is 0 Å². The van der Waals surface area contributed by atoms with Crippen molar-refractivity contribution in [2.45, 2.75) is 54.4 Å². The molecule has 0 saturated carbocycles. The molecule has 0 aliphatic heterocycles. The van der Waals surface area contributed by atoms with Crippen molar-refractivity contribution in [3.05, 3.63) is 33.7 Å². The smallest absolute Gasteiger partial charge is 0.283 e. The number of pyridine rings is 1. The molecule has 0 radical (unpaired) electrons. The number of hydrogen-bond acceptors (Lipinski definition) is 4. The van der Waals surface area contributed by atoms with Gasteiger partial charge in [0.05, 0.1) is 12.3 Å². The van der Waals surface area contributed by atoms with Crippen molar-refractivity contribution in [2.75, 3.05) is 19.7 Å². The highest BCUT2D eigenvalue weighted by Crippen LogP contribution is 2.26. The molecule has 1 heterocycles. The maximum absolute atomic E-state index is 11.4. The molecule has 134 valence electrons. The van der Waals surface area contributed by atoms with Gasteiger partial charge in [-0.05, 0) is 49.3 Å². The summed E-state index contributed by atoms with van der Waals surface area (Å²) in [4.78, 5) is 11.4. The molecule has 0 saturated heterocycles. The van der Waals surface area contributed by atoms with Crippen molar-refractivity contribution < 1.29 is 10.3 Å². The van der Waals surface area contributed by atoms with Crippen molar-refractivity contribution >= 4 is 0 Å². The molecule has 0 aliphatic rings. The average molecular weight is 326 g/mol. The molecule has 1 unspecified atom stereocenters. The number of aryl methyl sites for hydroxylation is 1. The van der Waals surface area contributed by atoms with Gasteiger partial charge in [-0.25, -0.2) is 0 Å². The number of nitrogens with one attached hydrogen (secondary N) is 1. The number of aliphatic hydroxyl groups is 1. The molecule has 1 aromatic heterocycles. The van der Waals surface area contributed by atoms with Crippen LogP contribution in [0.15, 0.2) is 16.9 Å². The van der Waals surface area contributed by atoms with Gasteiger partial charge in [0.25, 0.3) is 5.56 Å². The lowest BCUT2D eigenvalue weighted by atomic mass is 9.83. The van der Waals surface area contributed by atoms with Crippen LogP contribution in [0, 0.1) is 18.3 Å². The fourth-order valence-electron chi connectivity index (χ4n) is 2.64. The van der Waals surface area contributed by atoms with Crippen LogP contribution in [0.5, 0.6) is 0 Å². The number of hydrogen-bond donors (Lipinski definition) is 3. The highest BCUT2D eigenvalue weighted by Gasteiger charge is 2.17. The number of nitrogens with zero attached hydrogens (tertiary/aromatic N) is 1. The first-order chi connectivity index (χ1) is 10.6. The van der Waals surface area contributed by atoms with E-state index < -0.39 is 0 Å². The largest absolute Gasteiger partial charge is 0.425 e. The molecule has 1 aromatic rings. The topological polar surface area (TPSA) is 74.5 Å². The van der Waals surface area contributed by atoms with Gasteiger partial charge in [0.2, 0.25) is 0 Å². The van der Waals surface area contributed by atoms with Crippen LogP contribution < -0.4 is 10.9 Å². The van der Waals surface area contributed by atoms with Gasteiger partial charge in [0.15, 0.2) is 0 Å². The Morgan fingerprint density at radius 3 is 2.35 bits per heavy atom. The summed E-state index contributed by atoms with van der Waals surface area (Å²) in [6.45, 7) is 14.5. The lowest BCUT2D eigenvalue weighted by Gasteiger charge is -2.23. The standard InChI is InChI=1S/C14H23NO2.C4H11NO/c1-10-6-12(15(17)13(16)8-10)7-11(2)9-14(3,4)5;1-2-5-3-4-6/h6,8,11,17H,7,9H2,1-5H3;5-6H,2-4H2,1H3. The van der Waals surface area contributed by atoms with Crippen molar-refractivity contribution in [3.8, 4) is 0 Å². The predicted molar refractivity (Wildman–Crippen MR) is 95.2 cm³/mol. The molecule has 0 aliphatic carbocycles. The number of aliphatic hydroxyl groups excluding tert-OH is 1. The van der Waals surface area contributed by atoms with Gasteiger partial charge in [-0.1, -0.05) is 34.6 Å². The average Bonchev–Trinajstić information content (AvgIpc) is 2.40. The Bertz CT molecular complexity index is 500. The quantitative estimate of drug-likeness (QED) is 0.555. The molecule has 3 N–H and O–H groups in total. The number of likely N-dealkylation sites (N-methyl/N-ethyl adjacent to an activating group) is 1. The maximum Gasteiger partial charge on any atom is 0.283 e. The van der Waals surface area contributed by atoms with E-state index in [1.807, 2.05) is 19.9 Å². The minimum atomic E-state index is -0.344. The van der Waals surface area contributed by atoms with E-state index >= 15 is 0 Å². The van der Waals surface area contributed by atoms with E-state index in [1.165, 1.54) is 6.07 Å². The molecule has 5 heteroatoms. The van der Waals surface area contributed by atoms with E-state index in [9.17, 15) is 10.0 Å². The normalized spacial score (nSPS) is 12.5. The molecule has 0 spiro atoms. The molecule has 5 nitrogen and oxygen atoms in total. The summed E-state index contributed by atoms with van der Waals surface area (Å²) >= 11 is 0. The predicted octanol–water partition coefficient (Wildman–Crippen LogP) is 2.60. The summed E-state index contributed by atoms with van der Waals surface area (Å²) in [6, 6.07) is 3.32. The zero-order chi connectivity index (χ0) is 18.0. The van der Waals surface area contributed by atoms with Crippen molar-refractivity contribution in [1.29, 1.82) is 0 Å². The van der Waals surface area contributed by atoms with E-state index in [0.29, 0.717) is 11.6 Å². The maximum atomic E-state index is 11.4.